The van der Waals surface area contributed by atoms with Crippen molar-refractivity contribution in [3.63, 3.8) is 0 Å². The van der Waals surface area contributed by atoms with Gasteiger partial charge in [-0.2, -0.15) is 0 Å². The second kappa shape index (κ2) is 7.55. The number of amides is 2. The predicted octanol–water partition coefficient (Wildman–Crippen LogP) is 0.852. The summed E-state index contributed by atoms with van der Waals surface area (Å²) in [5, 5.41) is 0. The summed E-state index contributed by atoms with van der Waals surface area (Å²) < 4.78 is 0. The summed E-state index contributed by atoms with van der Waals surface area (Å²) in [4.78, 5) is 34.7. The third kappa shape index (κ3) is 4.07. The third-order valence-electron chi connectivity index (χ3n) is 4.67. The number of nitrogens with zero attached hydrogens (tertiary/aromatic N) is 4. The maximum Gasteiger partial charge on any atom is 0.255 e. The number of hydrogen-bond acceptors (Lipinski definition) is 4. The Morgan fingerprint density at radius 2 is 1.70 bits per heavy atom. The smallest absolute Gasteiger partial charge is 0.255 e. The van der Waals surface area contributed by atoms with Crippen molar-refractivity contribution in [3.05, 3.63) is 30.1 Å². The van der Waals surface area contributed by atoms with Crippen molar-refractivity contribution in [3.8, 4) is 0 Å². The molecule has 2 amide bonds. The molecule has 124 valence electrons. The van der Waals surface area contributed by atoms with Gasteiger partial charge in [0.1, 0.15) is 0 Å². The van der Waals surface area contributed by atoms with Gasteiger partial charge in [0.15, 0.2) is 0 Å². The van der Waals surface area contributed by atoms with Crippen molar-refractivity contribution in [2.24, 2.45) is 0 Å². The van der Waals surface area contributed by atoms with Crippen molar-refractivity contribution >= 4 is 11.8 Å². The van der Waals surface area contributed by atoms with Crippen LogP contribution in [0.3, 0.4) is 0 Å². The summed E-state index contributed by atoms with van der Waals surface area (Å²) in [5.74, 6) is 0.215. The van der Waals surface area contributed by atoms with E-state index in [9.17, 15) is 9.59 Å². The molecule has 2 saturated heterocycles. The first-order valence-electron chi connectivity index (χ1n) is 8.43. The average Bonchev–Trinajstić information content (AvgIpc) is 3.13. The van der Waals surface area contributed by atoms with Crippen molar-refractivity contribution in [1.82, 2.24) is 19.7 Å². The summed E-state index contributed by atoms with van der Waals surface area (Å²) in [6.07, 6.45) is 6.35. The Morgan fingerprint density at radius 1 is 1.00 bits per heavy atom. The summed E-state index contributed by atoms with van der Waals surface area (Å²) >= 11 is 0. The van der Waals surface area contributed by atoms with Crippen LogP contribution in [0.25, 0.3) is 0 Å². The zero-order chi connectivity index (χ0) is 16.1. The highest BCUT2D eigenvalue weighted by Crippen LogP contribution is 2.11. The number of carbonyl (C=O) groups excluding carboxylic acids is 2. The lowest BCUT2D eigenvalue weighted by Gasteiger charge is -2.35. The lowest BCUT2D eigenvalue weighted by molar-refractivity contribution is -0.133. The molecule has 0 spiro atoms. The molecule has 0 aromatic carbocycles. The van der Waals surface area contributed by atoms with E-state index in [0.29, 0.717) is 38.2 Å². The van der Waals surface area contributed by atoms with E-state index < -0.39 is 0 Å². The molecule has 0 radical (unpaired) electrons. The number of piperazine rings is 1. The van der Waals surface area contributed by atoms with Gasteiger partial charge in [-0.05, 0) is 38.1 Å². The van der Waals surface area contributed by atoms with Crippen LogP contribution < -0.4 is 0 Å². The molecule has 2 fully saturated rings. The van der Waals surface area contributed by atoms with Crippen LogP contribution in [0.4, 0.5) is 0 Å². The SMILES string of the molecule is O=C(CCN1CCCC1)N1CCN(C(=O)c2cccnc2)CC1. The molecule has 2 aliphatic heterocycles. The van der Waals surface area contributed by atoms with Gasteiger partial charge in [-0.15, -0.1) is 0 Å². The topological polar surface area (TPSA) is 56.8 Å². The standard InChI is InChI=1S/C17H24N4O2/c22-16(5-9-19-7-1-2-8-19)20-10-12-21(13-11-20)17(23)15-4-3-6-18-14-15/h3-4,6,14H,1-2,5,7-13H2. The number of carbonyl (C=O) groups is 2. The highest BCUT2D eigenvalue weighted by Gasteiger charge is 2.25. The molecule has 6 nitrogen and oxygen atoms in total. The van der Waals surface area contributed by atoms with E-state index in [4.69, 9.17) is 0 Å². The molecule has 0 N–H and O–H groups in total. The predicted molar refractivity (Wildman–Crippen MR) is 87.0 cm³/mol. The van der Waals surface area contributed by atoms with E-state index in [2.05, 4.69) is 9.88 Å². The number of likely N-dealkylation sites (tertiary alicyclic amines) is 1. The Balaban J connectivity index is 1.44. The average molecular weight is 316 g/mol. The van der Waals surface area contributed by atoms with E-state index in [-0.39, 0.29) is 11.8 Å². The molecule has 1 aromatic heterocycles. The van der Waals surface area contributed by atoms with Gasteiger partial charge in [-0.3, -0.25) is 14.6 Å². The second-order valence-corrected chi connectivity index (χ2v) is 6.21. The molecular formula is C17H24N4O2. The molecule has 1 aromatic rings. The molecule has 2 aliphatic rings. The molecular weight excluding hydrogens is 292 g/mol. The van der Waals surface area contributed by atoms with Gasteiger partial charge in [0.2, 0.25) is 5.91 Å². The zero-order valence-corrected chi connectivity index (χ0v) is 13.5. The molecule has 6 heteroatoms. The minimum Gasteiger partial charge on any atom is -0.339 e. The molecule has 0 unspecified atom stereocenters. The van der Waals surface area contributed by atoms with Crippen LogP contribution in [-0.2, 0) is 4.79 Å². The number of aromatic nitrogens is 1. The number of pyridine rings is 1. The Labute approximate surface area is 137 Å². The Bertz CT molecular complexity index is 535. The van der Waals surface area contributed by atoms with Gasteiger partial charge in [0.05, 0.1) is 5.56 Å². The van der Waals surface area contributed by atoms with Crippen LogP contribution in [-0.4, -0.2) is 77.3 Å². The van der Waals surface area contributed by atoms with Crippen LogP contribution in [0.5, 0.6) is 0 Å². The van der Waals surface area contributed by atoms with Crippen LogP contribution >= 0.6 is 0 Å². The Kier molecular flexibility index (Phi) is 5.23. The first-order valence-corrected chi connectivity index (χ1v) is 8.43. The van der Waals surface area contributed by atoms with Gasteiger partial charge in [0, 0.05) is 51.5 Å². The van der Waals surface area contributed by atoms with Gasteiger partial charge < -0.3 is 14.7 Å². The third-order valence-corrected chi connectivity index (χ3v) is 4.67. The van der Waals surface area contributed by atoms with Crippen molar-refractivity contribution in [2.45, 2.75) is 19.3 Å². The molecule has 0 aliphatic carbocycles. The lowest BCUT2D eigenvalue weighted by Crippen LogP contribution is -2.51. The lowest BCUT2D eigenvalue weighted by atomic mass is 10.2. The normalized spacial score (nSPS) is 19.1. The van der Waals surface area contributed by atoms with Gasteiger partial charge >= 0.3 is 0 Å². The largest absolute Gasteiger partial charge is 0.339 e. The first-order chi connectivity index (χ1) is 11.2. The maximum absolute atomic E-state index is 12.4. The Morgan fingerprint density at radius 3 is 2.35 bits per heavy atom. The highest BCUT2D eigenvalue weighted by atomic mass is 16.2. The second-order valence-electron chi connectivity index (χ2n) is 6.21. The Hall–Kier alpha value is -1.95. The highest BCUT2D eigenvalue weighted by molar-refractivity contribution is 5.94. The minimum atomic E-state index is 0.00210. The first kappa shape index (κ1) is 15.9. The molecule has 0 atom stereocenters. The van der Waals surface area contributed by atoms with Crippen molar-refractivity contribution in [2.75, 3.05) is 45.8 Å². The monoisotopic (exact) mass is 316 g/mol. The van der Waals surface area contributed by atoms with Crippen molar-refractivity contribution < 1.29 is 9.59 Å². The van der Waals surface area contributed by atoms with E-state index >= 15 is 0 Å². The van der Waals surface area contributed by atoms with Crippen LogP contribution in [0.1, 0.15) is 29.6 Å². The molecule has 0 bridgehead atoms. The molecule has 23 heavy (non-hydrogen) atoms. The number of rotatable bonds is 4. The van der Waals surface area contributed by atoms with Gasteiger partial charge in [0.25, 0.3) is 5.91 Å². The molecule has 3 rings (SSSR count). The van der Waals surface area contributed by atoms with Crippen LogP contribution in [0.15, 0.2) is 24.5 Å². The van der Waals surface area contributed by atoms with Crippen LogP contribution in [0.2, 0.25) is 0 Å². The fraction of sp³-hybridized carbons (Fsp3) is 0.588. The fourth-order valence-corrected chi connectivity index (χ4v) is 3.25. The van der Waals surface area contributed by atoms with Crippen LogP contribution in [0, 0.1) is 0 Å². The van der Waals surface area contributed by atoms with E-state index in [0.717, 1.165) is 19.6 Å². The van der Waals surface area contributed by atoms with Crippen molar-refractivity contribution in [1.29, 1.82) is 0 Å². The number of hydrogen-bond donors (Lipinski definition) is 0. The zero-order valence-electron chi connectivity index (χ0n) is 13.5. The van der Waals surface area contributed by atoms with E-state index in [1.54, 1.807) is 29.4 Å². The summed E-state index contributed by atoms with van der Waals surface area (Å²) in [6, 6.07) is 3.55. The summed E-state index contributed by atoms with van der Waals surface area (Å²) in [6.45, 7) is 5.58. The van der Waals surface area contributed by atoms with E-state index in [1.807, 2.05) is 4.90 Å². The fourth-order valence-electron chi connectivity index (χ4n) is 3.25. The minimum absolute atomic E-state index is 0.00210. The maximum atomic E-state index is 12.4. The molecule has 3 heterocycles. The summed E-state index contributed by atoms with van der Waals surface area (Å²) in [5.41, 5.74) is 0.612. The summed E-state index contributed by atoms with van der Waals surface area (Å²) in [7, 11) is 0. The van der Waals surface area contributed by atoms with E-state index in [1.165, 1.54) is 12.8 Å². The van der Waals surface area contributed by atoms with Gasteiger partial charge in [-0.25, -0.2) is 0 Å². The molecule has 0 saturated carbocycles. The quantitative estimate of drug-likeness (QED) is 0.826. The van der Waals surface area contributed by atoms with Gasteiger partial charge in [-0.1, -0.05) is 0 Å².